The van der Waals surface area contributed by atoms with Crippen LogP contribution in [0.1, 0.15) is 10.4 Å². The molecule has 1 amide bonds. The third-order valence-corrected chi connectivity index (χ3v) is 4.31. The van der Waals surface area contributed by atoms with Crippen molar-refractivity contribution in [1.82, 2.24) is 15.3 Å². The van der Waals surface area contributed by atoms with Gasteiger partial charge in [-0.3, -0.25) is 4.79 Å². The number of carbonyl (C=O) groups excluding carboxylic acids is 1. The average molecular weight is 342 g/mol. The molecule has 128 valence electrons. The van der Waals surface area contributed by atoms with Crippen LogP contribution in [0.3, 0.4) is 0 Å². The average Bonchev–Trinajstić information content (AvgIpc) is 3.17. The molecule has 0 fully saturated rings. The predicted molar refractivity (Wildman–Crippen MR) is 105 cm³/mol. The lowest BCUT2D eigenvalue weighted by Crippen LogP contribution is -2.19. The lowest BCUT2D eigenvalue weighted by atomic mass is 10.0. The van der Waals surface area contributed by atoms with Gasteiger partial charge >= 0.3 is 0 Å². The topological polar surface area (TPSA) is 69.8 Å². The molecule has 0 atom stereocenters. The molecule has 0 unspecified atom stereocenters. The molecule has 4 aromatic rings. The summed E-state index contributed by atoms with van der Waals surface area (Å²) < 4.78 is 0. The van der Waals surface area contributed by atoms with Crippen LogP contribution >= 0.6 is 0 Å². The maximum atomic E-state index is 12.1. The molecule has 2 aromatic carbocycles. The smallest absolute Gasteiger partial charge is 0.254 e. The van der Waals surface area contributed by atoms with Crippen molar-refractivity contribution in [2.45, 2.75) is 0 Å². The number of amides is 1. The first-order valence-corrected chi connectivity index (χ1v) is 8.37. The summed E-state index contributed by atoms with van der Waals surface area (Å²) in [5, 5.41) is 7.03. The van der Waals surface area contributed by atoms with Gasteiger partial charge in [-0.15, -0.1) is 0 Å². The number of aromatic nitrogens is 2. The van der Waals surface area contributed by atoms with Crippen molar-refractivity contribution >= 4 is 28.3 Å². The summed E-state index contributed by atoms with van der Waals surface area (Å²) in [6.07, 6.45) is 3.58. The third-order valence-electron chi connectivity index (χ3n) is 4.31. The molecule has 0 radical (unpaired) electrons. The fraction of sp³-hybridized carbons (Fsp3) is 0.0476. The number of fused-ring (bicyclic) bond motifs is 1. The number of carbonyl (C=O) groups is 1. The minimum absolute atomic E-state index is 0.176. The van der Waals surface area contributed by atoms with Gasteiger partial charge in [0.1, 0.15) is 5.82 Å². The molecule has 0 saturated carbocycles. The lowest BCUT2D eigenvalue weighted by molar-refractivity contribution is 0.0963. The van der Waals surface area contributed by atoms with E-state index in [9.17, 15) is 4.79 Å². The first kappa shape index (κ1) is 15.9. The van der Waals surface area contributed by atoms with Gasteiger partial charge in [-0.25, -0.2) is 4.98 Å². The van der Waals surface area contributed by atoms with E-state index in [1.165, 1.54) is 0 Å². The molecule has 2 aromatic heterocycles. The number of nitrogens with one attached hydrogen (secondary N) is 3. The highest BCUT2D eigenvalue weighted by Crippen LogP contribution is 2.32. The fourth-order valence-corrected chi connectivity index (χ4v) is 3.02. The Morgan fingerprint density at radius 3 is 2.65 bits per heavy atom. The zero-order chi connectivity index (χ0) is 17.9. The van der Waals surface area contributed by atoms with Gasteiger partial charge in [-0.1, -0.05) is 30.3 Å². The van der Waals surface area contributed by atoms with Crippen LogP contribution in [0.25, 0.3) is 22.0 Å². The highest BCUT2D eigenvalue weighted by molar-refractivity contribution is 6.02. The number of hydrogen-bond acceptors (Lipinski definition) is 3. The van der Waals surface area contributed by atoms with E-state index in [1.807, 2.05) is 30.5 Å². The first-order chi connectivity index (χ1) is 12.8. The molecular weight excluding hydrogens is 324 g/mol. The highest BCUT2D eigenvalue weighted by atomic mass is 16.1. The molecule has 0 aliphatic carbocycles. The van der Waals surface area contributed by atoms with Gasteiger partial charge in [0.15, 0.2) is 0 Å². The van der Waals surface area contributed by atoms with E-state index in [1.54, 1.807) is 25.4 Å². The standard InChI is InChI=1S/C21H18N4O/c1-22-21(26)17-8-5-10-24-20(17)25-19-13-15(14-6-3-2-4-7-14)12-18-16(19)9-11-23-18/h2-13,23H,1H3,(H,22,26)(H,24,25). The Morgan fingerprint density at radius 2 is 1.85 bits per heavy atom. The van der Waals surface area contributed by atoms with Crippen LogP contribution in [0.5, 0.6) is 0 Å². The summed E-state index contributed by atoms with van der Waals surface area (Å²) in [7, 11) is 1.61. The van der Waals surface area contributed by atoms with Crippen molar-refractivity contribution in [2.75, 3.05) is 12.4 Å². The number of H-pyrrole nitrogens is 1. The second-order valence-corrected chi connectivity index (χ2v) is 5.93. The minimum Gasteiger partial charge on any atom is -0.361 e. The summed E-state index contributed by atoms with van der Waals surface area (Å²) in [5.41, 5.74) is 4.63. The van der Waals surface area contributed by atoms with Gasteiger partial charge in [-0.2, -0.15) is 0 Å². The Kier molecular flexibility index (Phi) is 4.11. The number of nitrogens with zero attached hydrogens (tertiary/aromatic N) is 1. The monoisotopic (exact) mass is 342 g/mol. The van der Waals surface area contributed by atoms with E-state index in [2.05, 4.69) is 44.9 Å². The van der Waals surface area contributed by atoms with Crippen molar-refractivity contribution < 1.29 is 4.79 Å². The van der Waals surface area contributed by atoms with E-state index >= 15 is 0 Å². The number of pyridine rings is 1. The van der Waals surface area contributed by atoms with E-state index in [-0.39, 0.29) is 5.91 Å². The highest BCUT2D eigenvalue weighted by Gasteiger charge is 2.13. The van der Waals surface area contributed by atoms with Crippen molar-refractivity contribution in [3.05, 3.63) is 78.6 Å². The maximum Gasteiger partial charge on any atom is 0.254 e. The zero-order valence-corrected chi connectivity index (χ0v) is 14.3. The van der Waals surface area contributed by atoms with Crippen LogP contribution in [0.15, 0.2) is 73.1 Å². The quantitative estimate of drug-likeness (QED) is 0.517. The number of aromatic amines is 1. The third kappa shape index (κ3) is 2.91. The van der Waals surface area contributed by atoms with Gasteiger partial charge in [0.25, 0.3) is 5.91 Å². The summed E-state index contributed by atoms with van der Waals surface area (Å²) in [6, 6.07) is 19.9. The van der Waals surface area contributed by atoms with Crippen LogP contribution in [0, 0.1) is 0 Å². The SMILES string of the molecule is CNC(=O)c1cccnc1Nc1cc(-c2ccccc2)cc2[nH]ccc12. The van der Waals surface area contributed by atoms with E-state index < -0.39 is 0 Å². The van der Waals surface area contributed by atoms with Crippen LogP contribution in [-0.2, 0) is 0 Å². The number of rotatable bonds is 4. The molecule has 0 spiro atoms. The summed E-state index contributed by atoms with van der Waals surface area (Å²) >= 11 is 0. The molecule has 5 nitrogen and oxygen atoms in total. The predicted octanol–water partition coefficient (Wildman–Crippen LogP) is 4.33. The van der Waals surface area contributed by atoms with E-state index in [0.717, 1.165) is 27.7 Å². The van der Waals surface area contributed by atoms with Gasteiger partial charge in [0.05, 0.1) is 5.56 Å². The molecule has 0 saturated heterocycles. The Hall–Kier alpha value is -3.60. The molecule has 5 heteroatoms. The second-order valence-electron chi connectivity index (χ2n) is 5.93. The normalized spacial score (nSPS) is 10.7. The molecule has 26 heavy (non-hydrogen) atoms. The van der Waals surface area contributed by atoms with Crippen molar-refractivity contribution in [3.63, 3.8) is 0 Å². The van der Waals surface area contributed by atoms with E-state index in [4.69, 9.17) is 0 Å². The van der Waals surface area contributed by atoms with Gasteiger partial charge in [0, 0.05) is 36.0 Å². The van der Waals surface area contributed by atoms with E-state index in [0.29, 0.717) is 11.4 Å². The molecule has 0 aliphatic heterocycles. The molecule has 0 aliphatic rings. The van der Waals surface area contributed by atoms with Crippen molar-refractivity contribution in [1.29, 1.82) is 0 Å². The Labute approximate surface area is 151 Å². The number of hydrogen-bond donors (Lipinski definition) is 3. The van der Waals surface area contributed by atoms with Gasteiger partial charge in [0.2, 0.25) is 0 Å². The molecular formula is C21H18N4O. The van der Waals surface area contributed by atoms with Crippen molar-refractivity contribution in [3.8, 4) is 11.1 Å². The van der Waals surface area contributed by atoms with Gasteiger partial charge in [-0.05, 0) is 41.5 Å². The molecule has 0 bridgehead atoms. The summed E-state index contributed by atoms with van der Waals surface area (Å²) in [4.78, 5) is 19.7. The van der Waals surface area contributed by atoms with Crippen LogP contribution in [0.4, 0.5) is 11.5 Å². The minimum atomic E-state index is -0.176. The molecule has 4 rings (SSSR count). The number of anilines is 2. The first-order valence-electron chi connectivity index (χ1n) is 8.37. The maximum absolute atomic E-state index is 12.1. The Morgan fingerprint density at radius 1 is 1.00 bits per heavy atom. The Bertz CT molecular complexity index is 1070. The van der Waals surface area contributed by atoms with Crippen LogP contribution in [0.2, 0.25) is 0 Å². The van der Waals surface area contributed by atoms with Gasteiger partial charge < -0.3 is 15.6 Å². The largest absolute Gasteiger partial charge is 0.361 e. The Balaban J connectivity index is 1.82. The van der Waals surface area contributed by atoms with Crippen LogP contribution in [-0.4, -0.2) is 22.9 Å². The second kappa shape index (κ2) is 6.72. The molecule has 2 heterocycles. The lowest BCUT2D eigenvalue weighted by Gasteiger charge is -2.13. The number of benzene rings is 2. The fourth-order valence-electron chi connectivity index (χ4n) is 3.02. The summed E-state index contributed by atoms with van der Waals surface area (Å²) in [6.45, 7) is 0. The molecule has 3 N–H and O–H groups in total. The van der Waals surface area contributed by atoms with Crippen molar-refractivity contribution in [2.24, 2.45) is 0 Å². The zero-order valence-electron chi connectivity index (χ0n) is 14.3. The summed E-state index contributed by atoms with van der Waals surface area (Å²) in [5.74, 6) is 0.352. The van der Waals surface area contributed by atoms with Crippen LogP contribution < -0.4 is 10.6 Å².